The average Bonchev–Trinajstić information content (AvgIpc) is 3.01. The van der Waals surface area contributed by atoms with Crippen LogP contribution in [0.15, 0.2) is 24.3 Å². The lowest BCUT2D eigenvalue weighted by Gasteiger charge is -2.20. The number of rotatable bonds is 4. The Morgan fingerprint density at radius 1 is 1.30 bits per heavy atom. The second kappa shape index (κ2) is 5.25. The molecule has 2 bridgehead atoms. The van der Waals surface area contributed by atoms with Crippen molar-refractivity contribution < 1.29 is 19.4 Å². The van der Waals surface area contributed by atoms with Crippen LogP contribution in [-0.2, 0) is 16.0 Å². The Morgan fingerprint density at radius 3 is 2.75 bits per heavy atom. The van der Waals surface area contributed by atoms with Gasteiger partial charge in [-0.25, -0.2) is 4.79 Å². The van der Waals surface area contributed by atoms with Crippen LogP contribution in [0.2, 0.25) is 0 Å². The molecule has 2 aliphatic rings. The minimum Gasteiger partial charge on any atom is -0.478 e. The van der Waals surface area contributed by atoms with Crippen LogP contribution in [0.25, 0.3) is 0 Å². The molecule has 106 valence electrons. The maximum Gasteiger partial charge on any atom is 0.335 e. The Morgan fingerprint density at radius 2 is 2.10 bits per heavy atom. The van der Waals surface area contributed by atoms with Crippen LogP contribution in [0.5, 0.6) is 0 Å². The van der Waals surface area contributed by atoms with Crippen LogP contribution >= 0.6 is 0 Å². The van der Waals surface area contributed by atoms with Gasteiger partial charge in [0.1, 0.15) is 0 Å². The highest BCUT2D eigenvalue weighted by Gasteiger charge is 2.41. The fourth-order valence-corrected chi connectivity index (χ4v) is 3.10. The first-order valence-corrected chi connectivity index (χ1v) is 6.89. The molecule has 3 unspecified atom stereocenters. The molecule has 0 radical (unpaired) electrons. The van der Waals surface area contributed by atoms with Crippen LogP contribution in [0.1, 0.15) is 35.2 Å². The first-order valence-electron chi connectivity index (χ1n) is 6.89. The zero-order valence-electron chi connectivity index (χ0n) is 11.0. The van der Waals surface area contributed by atoms with Crippen LogP contribution in [0.3, 0.4) is 0 Å². The zero-order valence-corrected chi connectivity index (χ0v) is 11.0. The van der Waals surface area contributed by atoms with E-state index in [4.69, 9.17) is 9.84 Å². The number of hydrogen-bond donors (Lipinski definition) is 2. The lowest BCUT2D eigenvalue weighted by Crippen LogP contribution is -2.42. The monoisotopic (exact) mass is 275 g/mol. The van der Waals surface area contributed by atoms with Crippen LogP contribution in [-0.4, -0.2) is 35.2 Å². The van der Waals surface area contributed by atoms with Crippen LogP contribution in [0.4, 0.5) is 0 Å². The molecule has 1 aromatic carbocycles. The van der Waals surface area contributed by atoms with Gasteiger partial charge in [-0.3, -0.25) is 4.79 Å². The first kappa shape index (κ1) is 13.1. The van der Waals surface area contributed by atoms with Crippen molar-refractivity contribution in [2.24, 2.45) is 0 Å². The summed E-state index contributed by atoms with van der Waals surface area (Å²) >= 11 is 0. The number of carboxylic acid groups (broad SMARTS) is 1. The summed E-state index contributed by atoms with van der Waals surface area (Å²) in [6.45, 7) is 0. The van der Waals surface area contributed by atoms with Gasteiger partial charge >= 0.3 is 5.97 Å². The fourth-order valence-electron chi connectivity index (χ4n) is 3.10. The number of ether oxygens (including phenoxy) is 1. The SMILES string of the molecule is O=C(Cc1ccccc1C(=O)O)NC1CC2CCC1O2. The Hall–Kier alpha value is -1.88. The lowest BCUT2D eigenvalue weighted by atomic mass is 9.95. The van der Waals surface area contributed by atoms with E-state index in [9.17, 15) is 9.59 Å². The molecule has 2 heterocycles. The second-order valence-electron chi connectivity index (χ2n) is 5.42. The highest BCUT2D eigenvalue weighted by molar-refractivity contribution is 5.91. The van der Waals surface area contributed by atoms with Gasteiger partial charge in [-0.1, -0.05) is 18.2 Å². The molecule has 2 aliphatic heterocycles. The van der Waals surface area contributed by atoms with E-state index in [1.807, 2.05) is 0 Å². The maximum absolute atomic E-state index is 12.1. The molecule has 2 fully saturated rings. The molecule has 3 atom stereocenters. The van der Waals surface area contributed by atoms with Gasteiger partial charge in [0.05, 0.1) is 30.2 Å². The Labute approximate surface area is 116 Å². The first-order chi connectivity index (χ1) is 9.63. The van der Waals surface area contributed by atoms with E-state index in [2.05, 4.69) is 5.32 Å². The van der Waals surface area contributed by atoms with E-state index in [1.54, 1.807) is 18.2 Å². The van der Waals surface area contributed by atoms with Crippen molar-refractivity contribution in [1.29, 1.82) is 0 Å². The van der Waals surface area contributed by atoms with Crippen LogP contribution < -0.4 is 5.32 Å². The maximum atomic E-state index is 12.1. The molecule has 0 aromatic heterocycles. The standard InChI is InChI=1S/C15H17NO4/c17-14(16-12-8-10-5-6-13(12)20-10)7-9-3-1-2-4-11(9)15(18)19/h1-4,10,12-13H,5-8H2,(H,16,17)(H,18,19). The Balaban J connectivity index is 1.63. The number of carboxylic acids is 1. The van der Waals surface area contributed by atoms with E-state index < -0.39 is 5.97 Å². The molecule has 20 heavy (non-hydrogen) atoms. The summed E-state index contributed by atoms with van der Waals surface area (Å²) in [5, 5.41) is 12.1. The minimum atomic E-state index is -1.00. The molecule has 0 aliphatic carbocycles. The Bertz CT molecular complexity index is 542. The van der Waals surface area contributed by atoms with Gasteiger partial charge in [-0.05, 0) is 30.9 Å². The molecule has 2 N–H and O–H groups in total. The smallest absolute Gasteiger partial charge is 0.335 e. The largest absolute Gasteiger partial charge is 0.478 e. The molecule has 2 saturated heterocycles. The number of carbonyl (C=O) groups is 2. The minimum absolute atomic E-state index is 0.0817. The third kappa shape index (κ3) is 2.54. The number of carbonyl (C=O) groups excluding carboxylic acids is 1. The summed E-state index contributed by atoms with van der Waals surface area (Å²) < 4.78 is 5.69. The van der Waals surface area contributed by atoms with Gasteiger partial charge in [0.15, 0.2) is 0 Å². The number of fused-ring (bicyclic) bond motifs is 2. The number of aromatic carboxylic acids is 1. The third-order valence-corrected chi connectivity index (χ3v) is 4.05. The van der Waals surface area contributed by atoms with Gasteiger partial charge in [0, 0.05) is 0 Å². The van der Waals surface area contributed by atoms with Crippen LogP contribution in [0, 0.1) is 0 Å². The molecule has 0 saturated carbocycles. The highest BCUT2D eigenvalue weighted by atomic mass is 16.5. The second-order valence-corrected chi connectivity index (χ2v) is 5.42. The highest BCUT2D eigenvalue weighted by Crippen LogP contribution is 2.34. The van der Waals surface area contributed by atoms with Gasteiger partial charge in [0.25, 0.3) is 0 Å². The number of nitrogens with one attached hydrogen (secondary N) is 1. The van der Waals surface area contributed by atoms with E-state index in [0.717, 1.165) is 19.3 Å². The van der Waals surface area contributed by atoms with Crippen molar-refractivity contribution in [1.82, 2.24) is 5.32 Å². The third-order valence-electron chi connectivity index (χ3n) is 4.05. The van der Waals surface area contributed by atoms with Crippen molar-refractivity contribution in [3.63, 3.8) is 0 Å². The summed E-state index contributed by atoms with van der Waals surface area (Å²) in [6, 6.07) is 6.69. The van der Waals surface area contributed by atoms with Crippen molar-refractivity contribution in [3.8, 4) is 0 Å². The average molecular weight is 275 g/mol. The van der Waals surface area contributed by atoms with Gasteiger partial charge in [0.2, 0.25) is 5.91 Å². The van der Waals surface area contributed by atoms with E-state index in [0.29, 0.717) is 5.56 Å². The molecule has 3 rings (SSSR count). The summed E-state index contributed by atoms with van der Waals surface area (Å²) in [4.78, 5) is 23.2. The summed E-state index contributed by atoms with van der Waals surface area (Å²) in [6.07, 6.45) is 3.48. The topological polar surface area (TPSA) is 75.6 Å². The van der Waals surface area contributed by atoms with E-state index in [1.165, 1.54) is 6.07 Å². The van der Waals surface area contributed by atoms with Gasteiger partial charge in [-0.2, -0.15) is 0 Å². The predicted molar refractivity (Wildman–Crippen MR) is 71.5 cm³/mol. The Kier molecular flexibility index (Phi) is 3.44. The van der Waals surface area contributed by atoms with E-state index in [-0.39, 0.29) is 36.1 Å². The lowest BCUT2D eigenvalue weighted by molar-refractivity contribution is -0.121. The summed E-state index contributed by atoms with van der Waals surface area (Å²) in [7, 11) is 0. The number of benzene rings is 1. The van der Waals surface area contributed by atoms with Crippen molar-refractivity contribution >= 4 is 11.9 Å². The number of amides is 1. The van der Waals surface area contributed by atoms with Crippen molar-refractivity contribution in [2.75, 3.05) is 0 Å². The molecule has 5 nitrogen and oxygen atoms in total. The summed E-state index contributed by atoms with van der Waals surface area (Å²) in [5.74, 6) is -1.14. The molecule has 0 spiro atoms. The predicted octanol–water partition coefficient (Wildman–Crippen LogP) is 1.36. The molecule has 5 heteroatoms. The van der Waals surface area contributed by atoms with Gasteiger partial charge < -0.3 is 15.2 Å². The molecular formula is C15H17NO4. The fraction of sp³-hybridized carbons (Fsp3) is 0.467. The van der Waals surface area contributed by atoms with Crippen molar-refractivity contribution in [3.05, 3.63) is 35.4 Å². The number of hydrogen-bond acceptors (Lipinski definition) is 3. The molecule has 1 aromatic rings. The van der Waals surface area contributed by atoms with E-state index >= 15 is 0 Å². The van der Waals surface area contributed by atoms with Crippen molar-refractivity contribution in [2.45, 2.75) is 43.9 Å². The normalized spacial score (nSPS) is 27.5. The summed E-state index contributed by atoms with van der Waals surface area (Å²) in [5.41, 5.74) is 0.730. The molecule has 1 amide bonds. The molecular weight excluding hydrogens is 258 g/mol. The van der Waals surface area contributed by atoms with Gasteiger partial charge in [-0.15, -0.1) is 0 Å². The zero-order chi connectivity index (χ0) is 14.1. The quantitative estimate of drug-likeness (QED) is 0.870.